The third kappa shape index (κ3) is 1.79. The molecular weight excluding hydrogens is 230 g/mol. The van der Waals surface area contributed by atoms with Gasteiger partial charge in [-0.1, -0.05) is 0 Å². The maximum absolute atomic E-state index is 10.9. The third-order valence-electron chi connectivity index (χ3n) is 3.15. The molecule has 5 atom stereocenters. The maximum atomic E-state index is 10.9. The summed E-state index contributed by atoms with van der Waals surface area (Å²) in [6.45, 7) is 3.71. The summed E-state index contributed by atoms with van der Waals surface area (Å²) in [7, 11) is 0. The van der Waals surface area contributed by atoms with Crippen LogP contribution in [0.15, 0.2) is 0 Å². The highest BCUT2D eigenvalue weighted by Crippen LogP contribution is 2.38. The van der Waals surface area contributed by atoms with Gasteiger partial charge in [0.2, 0.25) is 0 Å². The molecule has 0 aromatic heterocycles. The van der Waals surface area contributed by atoms with Crippen LogP contribution < -0.4 is 5.32 Å². The average Bonchev–Trinajstić information content (AvgIpc) is 2.83. The van der Waals surface area contributed by atoms with Gasteiger partial charge in [0.1, 0.15) is 24.9 Å². The van der Waals surface area contributed by atoms with Crippen molar-refractivity contribution >= 4 is 6.09 Å². The number of amides is 1. The smallest absolute Gasteiger partial charge is 0.407 e. The van der Waals surface area contributed by atoms with Gasteiger partial charge in [0, 0.05) is 0 Å². The van der Waals surface area contributed by atoms with E-state index in [-0.39, 0.29) is 12.6 Å². The molecule has 3 rings (SSSR count). The highest BCUT2D eigenvalue weighted by atomic mass is 16.8. The van der Waals surface area contributed by atoms with Gasteiger partial charge in [-0.2, -0.15) is 0 Å². The summed E-state index contributed by atoms with van der Waals surface area (Å²) < 4.78 is 21.4. The average molecular weight is 245 g/mol. The molecule has 0 aromatic rings. The van der Waals surface area contributed by atoms with E-state index in [9.17, 15) is 9.90 Å². The number of aliphatic hydroxyl groups excluding tert-OH is 1. The minimum atomic E-state index is -0.839. The van der Waals surface area contributed by atoms with Crippen molar-refractivity contribution in [2.45, 2.75) is 50.3 Å². The van der Waals surface area contributed by atoms with Crippen molar-refractivity contribution in [1.82, 2.24) is 5.32 Å². The van der Waals surface area contributed by atoms with Crippen molar-refractivity contribution in [2.24, 2.45) is 0 Å². The quantitative estimate of drug-likeness (QED) is 0.637. The van der Waals surface area contributed by atoms with E-state index in [4.69, 9.17) is 18.9 Å². The molecule has 3 saturated heterocycles. The fourth-order valence-electron chi connectivity index (χ4n) is 2.43. The zero-order valence-electron chi connectivity index (χ0n) is 9.58. The Kier molecular flexibility index (Phi) is 2.34. The molecule has 3 aliphatic rings. The van der Waals surface area contributed by atoms with E-state index in [2.05, 4.69) is 5.32 Å². The zero-order chi connectivity index (χ0) is 12.2. The summed E-state index contributed by atoms with van der Waals surface area (Å²) in [5.74, 6) is -0.753. The Balaban J connectivity index is 1.70. The van der Waals surface area contributed by atoms with E-state index in [1.165, 1.54) is 0 Å². The molecule has 3 fully saturated rings. The number of ether oxygens (including phenoxy) is 4. The first-order valence-electron chi connectivity index (χ1n) is 5.59. The maximum Gasteiger partial charge on any atom is 0.407 e. The summed E-state index contributed by atoms with van der Waals surface area (Å²) >= 11 is 0. The van der Waals surface area contributed by atoms with Crippen molar-refractivity contribution in [2.75, 3.05) is 6.61 Å². The van der Waals surface area contributed by atoms with Crippen molar-refractivity contribution in [1.29, 1.82) is 0 Å². The predicted octanol–water partition coefficient (Wildman–Crippen LogP) is -0.668. The topological polar surface area (TPSA) is 86.3 Å². The molecule has 0 aromatic carbocycles. The van der Waals surface area contributed by atoms with Crippen molar-refractivity contribution < 1.29 is 28.8 Å². The van der Waals surface area contributed by atoms with Gasteiger partial charge in [-0.25, -0.2) is 4.79 Å². The lowest BCUT2D eigenvalue weighted by molar-refractivity contribution is -0.217. The fraction of sp³-hybridized carbons (Fsp3) is 0.900. The first-order valence-corrected chi connectivity index (χ1v) is 5.59. The molecule has 3 heterocycles. The zero-order valence-corrected chi connectivity index (χ0v) is 9.58. The first kappa shape index (κ1) is 11.2. The number of hydrogen-bond donors (Lipinski definition) is 2. The number of cyclic esters (lactones) is 1. The van der Waals surface area contributed by atoms with Crippen LogP contribution in [0.4, 0.5) is 4.79 Å². The van der Waals surface area contributed by atoms with Crippen LogP contribution in [0.1, 0.15) is 13.8 Å². The van der Waals surface area contributed by atoms with Crippen LogP contribution in [0, 0.1) is 0 Å². The van der Waals surface area contributed by atoms with Crippen molar-refractivity contribution in [3.8, 4) is 0 Å². The SMILES string of the molecule is CC1(C)O[C@H]2O[C@@H]([C@H]3COC(=O)N3)[C@H](O)[C@H]2O1. The normalized spacial score (nSPS) is 47.7. The number of rotatable bonds is 1. The second-order valence-corrected chi connectivity index (χ2v) is 4.91. The second-order valence-electron chi connectivity index (χ2n) is 4.91. The number of nitrogens with one attached hydrogen (secondary N) is 1. The molecule has 2 N–H and O–H groups in total. The van der Waals surface area contributed by atoms with Crippen LogP contribution in [0.5, 0.6) is 0 Å². The Morgan fingerprint density at radius 3 is 2.71 bits per heavy atom. The molecule has 1 amide bonds. The minimum absolute atomic E-state index is 0.184. The van der Waals surface area contributed by atoms with Gasteiger partial charge < -0.3 is 29.4 Å². The summed E-state index contributed by atoms with van der Waals surface area (Å²) in [6, 6.07) is -0.363. The summed E-state index contributed by atoms with van der Waals surface area (Å²) in [5, 5.41) is 12.7. The number of carbonyl (C=O) groups is 1. The van der Waals surface area contributed by atoms with E-state index >= 15 is 0 Å². The second kappa shape index (κ2) is 3.55. The van der Waals surface area contributed by atoms with Crippen LogP contribution in [-0.2, 0) is 18.9 Å². The number of fused-ring (bicyclic) bond motifs is 1. The van der Waals surface area contributed by atoms with Crippen LogP contribution in [0.2, 0.25) is 0 Å². The van der Waals surface area contributed by atoms with Crippen molar-refractivity contribution in [3.05, 3.63) is 0 Å². The molecule has 96 valence electrons. The van der Waals surface area contributed by atoms with Gasteiger partial charge >= 0.3 is 6.09 Å². The predicted molar refractivity (Wildman–Crippen MR) is 53.0 cm³/mol. The van der Waals surface area contributed by atoms with Crippen molar-refractivity contribution in [3.63, 3.8) is 0 Å². The Morgan fingerprint density at radius 1 is 1.35 bits per heavy atom. The van der Waals surface area contributed by atoms with Crippen LogP contribution in [-0.4, -0.2) is 54.2 Å². The van der Waals surface area contributed by atoms with Crippen LogP contribution >= 0.6 is 0 Å². The summed E-state index contributed by atoms with van der Waals surface area (Å²) in [4.78, 5) is 10.9. The highest BCUT2D eigenvalue weighted by Gasteiger charge is 2.56. The molecule has 0 bridgehead atoms. The number of carbonyl (C=O) groups excluding carboxylic acids is 1. The molecule has 3 aliphatic heterocycles. The standard InChI is InChI=1S/C10H15NO6/c1-10(2)16-7-5(12)6(15-8(7)17-10)4-3-14-9(13)11-4/h4-8,12H,3H2,1-2H3,(H,11,13)/t4-,5+,6+,7-,8-/m1/s1. The molecule has 0 radical (unpaired) electrons. The van der Waals surface area contributed by atoms with Crippen LogP contribution in [0.25, 0.3) is 0 Å². The van der Waals surface area contributed by atoms with Gasteiger partial charge in [-0.15, -0.1) is 0 Å². The molecule has 0 unspecified atom stereocenters. The molecular formula is C10H15NO6. The van der Waals surface area contributed by atoms with E-state index in [1.807, 2.05) is 0 Å². The molecule has 7 heteroatoms. The van der Waals surface area contributed by atoms with Gasteiger partial charge in [0.25, 0.3) is 0 Å². The number of aliphatic hydroxyl groups is 1. The molecule has 0 spiro atoms. The van der Waals surface area contributed by atoms with E-state index < -0.39 is 36.5 Å². The van der Waals surface area contributed by atoms with Gasteiger partial charge in [-0.05, 0) is 13.8 Å². The summed E-state index contributed by atoms with van der Waals surface area (Å²) in [5.41, 5.74) is 0. The highest BCUT2D eigenvalue weighted by molar-refractivity contribution is 5.69. The Bertz CT molecular complexity index is 346. The lowest BCUT2D eigenvalue weighted by Crippen LogP contribution is -2.46. The molecule has 0 aliphatic carbocycles. The summed E-state index contributed by atoms with van der Waals surface area (Å²) in [6.07, 6.45) is -3.01. The Hall–Kier alpha value is -0.890. The lowest BCUT2D eigenvalue weighted by Gasteiger charge is -2.25. The van der Waals surface area contributed by atoms with E-state index in [0.29, 0.717) is 0 Å². The van der Waals surface area contributed by atoms with Gasteiger partial charge in [0.15, 0.2) is 12.1 Å². The fourth-order valence-corrected chi connectivity index (χ4v) is 2.43. The monoisotopic (exact) mass is 245 g/mol. The molecule has 0 saturated carbocycles. The number of alkyl carbamates (subject to hydrolysis) is 1. The lowest BCUT2D eigenvalue weighted by atomic mass is 10.0. The van der Waals surface area contributed by atoms with E-state index in [0.717, 1.165) is 0 Å². The van der Waals surface area contributed by atoms with Crippen LogP contribution in [0.3, 0.4) is 0 Å². The van der Waals surface area contributed by atoms with E-state index in [1.54, 1.807) is 13.8 Å². The largest absolute Gasteiger partial charge is 0.447 e. The third-order valence-corrected chi connectivity index (χ3v) is 3.15. The van der Waals surface area contributed by atoms with Gasteiger partial charge in [0.05, 0.1) is 6.04 Å². The number of hydrogen-bond acceptors (Lipinski definition) is 6. The Labute approximate surface area is 98.0 Å². The van der Waals surface area contributed by atoms with Gasteiger partial charge in [-0.3, -0.25) is 0 Å². The molecule has 17 heavy (non-hydrogen) atoms. The molecule has 7 nitrogen and oxygen atoms in total. The Morgan fingerprint density at radius 2 is 2.12 bits per heavy atom. The first-order chi connectivity index (χ1) is 7.96. The minimum Gasteiger partial charge on any atom is -0.447 e.